The van der Waals surface area contributed by atoms with Crippen LogP contribution in [0.2, 0.25) is 0 Å². The van der Waals surface area contributed by atoms with Gasteiger partial charge < -0.3 is 15.2 Å². The van der Waals surface area contributed by atoms with Crippen molar-refractivity contribution in [2.75, 3.05) is 13.1 Å². The van der Waals surface area contributed by atoms with Crippen LogP contribution in [0.3, 0.4) is 0 Å². The normalized spacial score (nSPS) is 16.2. The zero-order valence-corrected chi connectivity index (χ0v) is 16.8. The van der Waals surface area contributed by atoms with Crippen molar-refractivity contribution in [3.05, 3.63) is 65.7 Å². The van der Waals surface area contributed by atoms with Crippen LogP contribution < -0.4 is 10.1 Å². The van der Waals surface area contributed by atoms with Gasteiger partial charge in [-0.15, -0.1) is 0 Å². The maximum atomic E-state index is 9.55. The first-order valence-corrected chi connectivity index (χ1v) is 10.2. The van der Waals surface area contributed by atoms with Crippen LogP contribution in [0.25, 0.3) is 5.70 Å². The van der Waals surface area contributed by atoms with E-state index in [-0.39, 0.29) is 5.75 Å². The van der Waals surface area contributed by atoms with Gasteiger partial charge in [-0.25, -0.2) is 0 Å². The van der Waals surface area contributed by atoms with E-state index >= 15 is 0 Å². The highest BCUT2D eigenvalue weighted by atomic mass is 16.5. The number of nitrogens with zero attached hydrogens (tertiary/aromatic N) is 1. The van der Waals surface area contributed by atoms with Gasteiger partial charge in [0.1, 0.15) is 17.6 Å². The number of aliphatic imine (C=N–C) groups is 1. The number of rotatable bonds is 7. The fourth-order valence-electron chi connectivity index (χ4n) is 3.41. The van der Waals surface area contributed by atoms with Gasteiger partial charge in [0, 0.05) is 11.3 Å². The van der Waals surface area contributed by atoms with E-state index in [0.29, 0.717) is 6.10 Å². The van der Waals surface area contributed by atoms with E-state index in [1.807, 2.05) is 37.3 Å². The van der Waals surface area contributed by atoms with Crippen molar-refractivity contribution in [2.45, 2.75) is 45.6 Å². The van der Waals surface area contributed by atoms with E-state index < -0.39 is 0 Å². The number of ether oxygens (including phenoxy) is 1. The average Bonchev–Trinajstić information content (AvgIpc) is 2.73. The van der Waals surface area contributed by atoms with E-state index in [9.17, 15) is 5.11 Å². The summed E-state index contributed by atoms with van der Waals surface area (Å²) in [4.78, 5) is 4.95. The Bertz CT molecular complexity index is 802. The van der Waals surface area contributed by atoms with Crippen molar-refractivity contribution in [2.24, 2.45) is 4.99 Å². The summed E-state index contributed by atoms with van der Waals surface area (Å²) in [6.45, 7) is 6.21. The smallest absolute Gasteiger partial charge is 0.119 e. The Morgan fingerprint density at radius 3 is 2.32 bits per heavy atom. The Kier molecular flexibility index (Phi) is 7.26. The molecule has 1 aliphatic rings. The highest BCUT2D eigenvalue weighted by molar-refractivity contribution is 6.03. The molecule has 2 N–H and O–H groups in total. The van der Waals surface area contributed by atoms with E-state index in [0.717, 1.165) is 67.1 Å². The third kappa shape index (κ3) is 5.46. The number of nitrogens with one attached hydrogen (secondary N) is 1. The SMILES string of the molecule is C/C=C(\N=C(CCC)c1ccc(O)cc1)c1ccc(OC2CCNCC2)cc1. The van der Waals surface area contributed by atoms with Crippen LogP contribution in [-0.4, -0.2) is 30.0 Å². The highest BCUT2D eigenvalue weighted by Crippen LogP contribution is 2.24. The lowest BCUT2D eigenvalue weighted by molar-refractivity contribution is 0.162. The van der Waals surface area contributed by atoms with Crippen LogP contribution in [0.15, 0.2) is 59.6 Å². The van der Waals surface area contributed by atoms with Gasteiger partial charge >= 0.3 is 0 Å². The summed E-state index contributed by atoms with van der Waals surface area (Å²) in [6.07, 6.45) is 6.35. The molecular formula is C24H30N2O2. The molecule has 148 valence electrons. The summed E-state index contributed by atoms with van der Waals surface area (Å²) in [7, 11) is 0. The molecule has 28 heavy (non-hydrogen) atoms. The number of phenolic OH excluding ortho intramolecular Hbond substituents is 1. The third-order valence-corrected chi connectivity index (χ3v) is 4.96. The lowest BCUT2D eigenvalue weighted by Crippen LogP contribution is -2.34. The quantitative estimate of drug-likeness (QED) is 0.653. The minimum absolute atomic E-state index is 0.273. The molecule has 1 aliphatic heterocycles. The Balaban J connectivity index is 1.77. The van der Waals surface area contributed by atoms with Gasteiger partial charge in [-0.3, -0.25) is 4.99 Å². The van der Waals surface area contributed by atoms with Crippen LogP contribution in [0.5, 0.6) is 11.5 Å². The molecule has 1 heterocycles. The Morgan fingerprint density at radius 2 is 1.71 bits per heavy atom. The second-order valence-electron chi connectivity index (χ2n) is 7.12. The molecule has 2 aromatic rings. The average molecular weight is 379 g/mol. The van der Waals surface area contributed by atoms with Crippen LogP contribution in [0.4, 0.5) is 0 Å². The number of benzene rings is 2. The van der Waals surface area contributed by atoms with E-state index in [1.165, 1.54) is 0 Å². The van der Waals surface area contributed by atoms with Gasteiger partial charge in [-0.05, 0) is 93.4 Å². The van der Waals surface area contributed by atoms with E-state index in [2.05, 4.69) is 24.4 Å². The van der Waals surface area contributed by atoms with Gasteiger partial charge in [0.05, 0.1) is 5.70 Å². The van der Waals surface area contributed by atoms with Gasteiger partial charge in [0.15, 0.2) is 0 Å². The molecule has 2 aromatic carbocycles. The number of aromatic hydroxyl groups is 1. The highest BCUT2D eigenvalue weighted by Gasteiger charge is 2.14. The molecule has 4 nitrogen and oxygen atoms in total. The van der Waals surface area contributed by atoms with Crippen LogP contribution >= 0.6 is 0 Å². The fourth-order valence-corrected chi connectivity index (χ4v) is 3.41. The number of hydrogen-bond acceptors (Lipinski definition) is 4. The zero-order valence-electron chi connectivity index (χ0n) is 16.8. The first-order chi connectivity index (χ1) is 13.7. The molecule has 0 spiro atoms. The molecule has 1 fully saturated rings. The number of piperidine rings is 1. The fraction of sp³-hybridized carbons (Fsp3) is 0.375. The van der Waals surface area contributed by atoms with Crippen LogP contribution in [0.1, 0.15) is 50.7 Å². The summed E-state index contributed by atoms with van der Waals surface area (Å²) in [6, 6.07) is 15.5. The lowest BCUT2D eigenvalue weighted by Gasteiger charge is -2.23. The molecule has 1 saturated heterocycles. The standard InChI is InChI=1S/C24H30N2O2/c1-3-5-24(19-6-10-20(27)11-7-19)26-23(4-2)18-8-12-21(13-9-18)28-22-14-16-25-17-15-22/h4,6-13,22,25,27H,3,5,14-17H2,1-2H3/b23-4-,26-24?. The van der Waals surface area contributed by atoms with Crippen molar-refractivity contribution in [3.8, 4) is 11.5 Å². The van der Waals surface area contributed by atoms with Crippen molar-refractivity contribution >= 4 is 11.4 Å². The van der Waals surface area contributed by atoms with Crippen molar-refractivity contribution in [3.63, 3.8) is 0 Å². The van der Waals surface area contributed by atoms with Gasteiger partial charge in [0.25, 0.3) is 0 Å². The molecular weight excluding hydrogens is 348 g/mol. The summed E-state index contributed by atoms with van der Waals surface area (Å²) in [5, 5.41) is 12.9. The monoisotopic (exact) mass is 378 g/mol. The van der Waals surface area contributed by atoms with Gasteiger partial charge in [0.2, 0.25) is 0 Å². The Labute approximate surface area is 168 Å². The number of hydrogen-bond donors (Lipinski definition) is 2. The molecule has 0 aliphatic carbocycles. The third-order valence-electron chi connectivity index (χ3n) is 4.96. The first-order valence-electron chi connectivity index (χ1n) is 10.2. The Hall–Kier alpha value is -2.59. The van der Waals surface area contributed by atoms with Crippen molar-refractivity contribution in [1.82, 2.24) is 5.32 Å². The van der Waals surface area contributed by atoms with Crippen LogP contribution in [-0.2, 0) is 0 Å². The summed E-state index contributed by atoms with van der Waals surface area (Å²) in [5.41, 5.74) is 4.10. The molecule has 0 saturated carbocycles. The maximum absolute atomic E-state index is 9.55. The molecule has 3 rings (SSSR count). The van der Waals surface area contributed by atoms with Gasteiger partial charge in [-0.1, -0.05) is 19.4 Å². The molecule has 0 radical (unpaired) electrons. The molecule has 0 amide bonds. The predicted octanol–water partition coefficient (Wildman–Crippen LogP) is 5.17. The summed E-state index contributed by atoms with van der Waals surface area (Å²) < 4.78 is 6.10. The molecule has 0 unspecified atom stereocenters. The molecule has 0 aromatic heterocycles. The predicted molar refractivity (Wildman–Crippen MR) is 116 cm³/mol. The lowest BCUT2D eigenvalue weighted by atomic mass is 10.0. The zero-order chi connectivity index (χ0) is 19.8. The second-order valence-corrected chi connectivity index (χ2v) is 7.12. The second kappa shape index (κ2) is 10.1. The Morgan fingerprint density at radius 1 is 1.07 bits per heavy atom. The minimum atomic E-state index is 0.273. The number of phenols is 1. The maximum Gasteiger partial charge on any atom is 0.119 e. The molecule has 0 bridgehead atoms. The largest absolute Gasteiger partial charge is 0.508 e. The summed E-state index contributed by atoms with van der Waals surface area (Å²) >= 11 is 0. The van der Waals surface area contributed by atoms with E-state index in [1.54, 1.807) is 12.1 Å². The van der Waals surface area contributed by atoms with Gasteiger partial charge in [-0.2, -0.15) is 0 Å². The number of allylic oxidation sites excluding steroid dienone is 1. The minimum Gasteiger partial charge on any atom is -0.508 e. The molecule has 4 heteroatoms. The first kappa shape index (κ1) is 20.2. The molecule has 0 atom stereocenters. The van der Waals surface area contributed by atoms with Crippen molar-refractivity contribution < 1.29 is 9.84 Å². The van der Waals surface area contributed by atoms with Crippen LogP contribution in [0, 0.1) is 0 Å². The summed E-state index contributed by atoms with van der Waals surface area (Å²) in [5.74, 6) is 1.19. The topological polar surface area (TPSA) is 53.9 Å². The van der Waals surface area contributed by atoms with E-state index in [4.69, 9.17) is 9.73 Å². The van der Waals surface area contributed by atoms with Crippen molar-refractivity contribution in [1.29, 1.82) is 0 Å².